The summed E-state index contributed by atoms with van der Waals surface area (Å²) in [6, 6.07) is 21.1. The minimum Gasteiger partial charge on any atom is -0.389 e. The zero-order chi connectivity index (χ0) is 18.0. The number of rotatable bonds is 2. The van der Waals surface area contributed by atoms with Gasteiger partial charge in [0.15, 0.2) is 0 Å². The lowest BCUT2D eigenvalue weighted by molar-refractivity contribution is 0.177. The number of fused-ring (bicyclic) bond motifs is 2. The van der Waals surface area contributed by atoms with E-state index < -0.39 is 12.2 Å². The summed E-state index contributed by atoms with van der Waals surface area (Å²) < 4.78 is 0. The molecule has 2 heteroatoms. The molecule has 0 saturated carbocycles. The van der Waals surface area contributed by atoms with E-state index in [0.717, 1.165) is 27.3 Å². The van der Waals surface area contributed by atoms with Crippen LogP contribution < -0.4 is 0 Å². The van der Waals surface area contributed by atoms with Crippen molar-refractivity contribution >= 4 is 43.1 Å². The van der Waals surface area contributed by atoms with Crippen molar-refractivity contribution in [2.24, 2.45) is 0 Å². The molecule has 0 spiro atoms. The molecule has 0 amide bonds. The first-order chi connectivity index (χ1) is 12.6. The number of benzene rings is 5. The van der Waals surface area contributed by atoms with Gasteiger partial charge in [0.25, 0.3) is 0 Å². The van der Waals surface area contributed by atoms with E-state index in [1.165, 1.54) is 26.9 Å². The highest BCUT2D eigenvalue weighted by Gasteiger charge is 2.22. The molecular formula is C24H20O2. The van der Waals surface area contributed by atoms with Crippen LogP contribution in [0, 0.1) is 0 Å². The van der Waals surface area contributed by atoms with E-state index in [9.17, 15) is 10.2 Å². The molecule has 5 rings (SSSR count). The topological polar surface area (TPSA) is 40.5 Å². The van der Waals surface area contributed by atoms with Crippen molar-refractivity contribution in [2.45, 2.75) is 26.1 Å². The van der Waals surface area contributed by atoms with Crippen LogP contribution in [0.25, 0.3) is 43.1 Å². The molecule has 128 valence electrons. The van der Waals surface area contributed by atoms with E-state index in [-0.39, 0.29) is 0 Å². The van der Waals surface area contributed by atoms with Gasteiger partial charge in [0.1, 0.15) is 0 Å². The van der Waals surface area contributed by atoms with Gasteiger partial charge in [-0.25, -0.2) is 0 Å². The van der Waals surface area contributed by atoms with Crippen molar-refractivity contribution in [1.29, 1.82) is 0 Å². The van der Waals surface area contributed by atoms with Crippen molar-refractivity contribution in [3.05, 3.63) is 71.8 Å². The van der Waals surface area contributed by atoms with Crippen LogP contribution in [0.3, 0.4) is 0 Å². The minimum absolute atomic E-state index is 0.639. The summed E-state index contributed by atoms with van der Waals surface area (Å²) >= 11 is 0. The molecule has 5 aromatic carbocycles. The summed E-state index contributed by atoms with van der Waals surface area (Å²) in [4.78, 5) is 0. The number of hydrogen-bond acceptors (Lipinski definition) is 2. The molecule has 2 nitrogen and oxygen atoms in total. The van der Waals surface area contributed by atoms with E-state index in [4.69, 9.17) is 0 Å². The van der Waals surface area contributed by atoms with Crippen molar-refractivity contribution in [3.63, 3.8) is 0 Å². The predicted molar refractivity (Wildman–Crippen MR) is 109 cm³/mol. The molecule has 0 aromatic heterocycles. The van der Waals surface area contributed by atoms with Crippen LogP contribution in [0.15, 0.2) is 60.7 Å². The smallest absolute Gasteiger partial charge is 0.0771 e. The van der Waals surface area contributed by atoms with Crippen molar-refractivity contribution in [3.8, 4) is 0 Å². The molecule has 2 unspecified atom stereocenters. The Kier molecular flexibility index (Phi) is 3.24. The molecule has 0 aliphatic heterocycles. The highest BCUT2D eigenvalue weighted by Crippen LogP contribution is 2.44. The zero-order valence-corrected chi connectivity index (χ0v) is 14.8. The van der Waals surface area contributed by atoms with Gasteiger partial charge in [-0.2, -0.15) is 0 Å². The molecule has 0 bridgehead atoms. The van der Waals surface area contributed by atoms with Crippen LogP contribution >= 0.6 is 0 Å². The minimum atomic E-state index is -0.660. The fourth-order valence-corrected chi connectivity index (χ4v) is 4.57. The largest absolute Gasteiger partial charge is 0.389 e. The maximum absolute atomic E-state index is 10.6. The van der Waals surface area contributed by atoms with Crippen LogP contribution in [0.1, 0.15) is 37.2 Å². The molecule has 0 radical (unpaired) electrons. The Bertz CT molecular complexity index is 1280. The Morgan fingerprint density at radius 3 is 1.81 bits per heavy atom. The molecule has 5 aromatic rings. The highest BCUT2D eigenvalue weighted by molar-refractivity contribution is 6.33. The SMILES string of the molecule is CC(O)c1cc2cccc3c4cccc5cccc(c(c1C(C)O)c23)c54. The monoisotopic (exact) mass is 340 g/mol. The van der Waals surface area contributed by atoms with Gasteiger partial charge >= 0.3 is 0 Å². The van der Waals surface area contributed by atoms with Gasteiger partial charge in [0.05, 0.1) is 12.2 Å². The van der Waals surface area contributed by atoms with Gasteiger partial charge in [0.2, 0.25) is 0 Å². The van der Waals surface area contributed by atoms with Gasteiger partial charge in [-0.1, -0.05) is 54.6 Å². The lowest BCUT2D eigenvalue weighted by Gasteiger charge is -2.22. The summed E-state index contributed by atoms with van der Waals surface area (Å²) in [6.45, 7) is 3.55. The first kappa shape index (κ1) is 15.6. The third kappa shape index (κ3) is 1.94. The lowest BCUT2D eigenvalue weighted by atomic mass is 9.83. The van der Waals surface area contributed by atoms with Crippen molar-refractivity contribution in [1.82, 2.24) is 0 Å². The summed E-state index contributed by atoms with van der Waals surface area (Å²) in [5, 5.41) is 30.3. The quantitative estimate of drug-likeness (QED) is 0.313. The molecule has 0 heterocycles. The van der Waals surface area contributed by atoms with Crippen LogP contribution in [0.2, 0.25) is 0 Å². The number of aliphatic hydroxyl groups is 2. The second kappa shape index (κ2) is 5.41. The Labute approximate surface area is 151 Å². The third-order valence-electron chi connectivity index (χ3n) is 5.57. The van der Waals surface area contributed by atoms with Gasteiger partial charge < -0.3 is 10.2 Å². The van der Waals surface area contributed by atoms with Crippen molar-refractivity contribution < 1.29 is 10.2 Å². The lowest BCUT2D eigenvalue weighted by Crippen LogP contribution is -2.04. The molecule has 2 atom stereocenters. The average molecular weight is 340 g/mol. The average Bonchev–Trinajstić information content (AvgIpc) is 2.64. The van der Waals surface area contributed by atoms with E-state index in [2.05, 4.69) is 54.6 Å². The second-order valence-electron chi connectivity index (χ2n) is 7.22. The van der Waals surface area contributed by atoms with Crippen LogP contribution in [0.5, 0.6) is 0 Å². The third-order valence-corrected chi connectivity index (χ3v) is 5.57. The summed E-state index contributed by atoms with van der Waals surface area (Å²) in [5.74, 6) is 0. The van der Waals surface area contributed by atoms with E-state index in [1.54, 1.807) is 13.8 Å². The van der Waals surface area contributed by atoms with Gasteiger partial charge in [0, 0.05) is 0 Å². The molecule has 0 fully saturated rings. The Balaban J connectivity index is 2.22. The van der Waals surface area contributed by atoms with Crippen LogP contribution in [0.4, 0.5) is 0 Å². The number of aliphatic hydroxyl groups excluding tert-OH is 2. The van der Waals surface area contributed by atoms with Gasteiger partial charge in [-0.05, 0) is 74.1 Å². The Morgan fingerprint density at radius 1 is 0.615 bits per heavy atom. The Hall–Kier alpha value is -2.68. The molecule has 26 heavy (non-hydrogen) atoms. The van der Waals surface area contributed by atoms with E-state index >= 15 is 0 Å². The second-order valence-corrected chi connectivity index (χ2v) is 7.22. The number of hydrogen-bond donors (Lipinski definition) is 2. The van der Waals surface area contributed by atoms with Gasteiger partial charge in [-0.3, -0.25) is 0 Å². The fraction of sp³-hybridized carbons (Fsp3) is 0.167. The van der Waals surface area contributed by atoms with E-state index in [0.29, 0.717) is 0 Å². The molecular weight excluding hydrogens is 320 g/mol. The molecule has 0 saturated heterocycles. The van der Waals surface area contributed by atoms with E-state index in [1.807, 2.05) is 6.07 Å². The normalized spacial score (nSPS) is 14.6. The predicted octanol–water partition coefficient (Wildman–Crippen LogP) is 5.84. The van der Waals surface area contributed by atoms with Crippen LogP contribution in [-0.4, -0.2) is 10.2 Å². The molecule has 0 aliphatic rings. The van der Waals surface area contributed by atoms with Crippen LogP contribution in [-0.2, 0) is 0 Å². The highest BCUT2D eigenvalue weighted by atomic mass is 16.3. The zero-order valence-electron chi connectivity index (χ0n) is 14.8. The maximum atomic E-state index is 10.6. The van der Waals surface area contributed by atoms with Gasteiger partial charge in [-0.15, -0.1) is 0 Å². The first-order valence-electron chi connectivity index (χ1n) is 9.06. The molecule has 0 aliphatic carbocycles. The summed E-state index contributed by atoms with van der Waals surface area (Å²) in [7, 11) is 0. The van der Waals surface area contributed by atoms with Crippen molar-refractivity contribution in [2.75, 3.05) is 0 Å². The summed E-state index contributed by atoms with van der Waals surface area (Å²) in [6.07, 6.45) is -1.30. The maximum Gasteiger partial charge on any atom is 0.0771 e. The summed E-state index contributed by atoms with van der Waals surface area (Å²) in [5.41, 5.74) is 1.64. The molecule has 2 N–H and O–H groups in total. The first-order valence-corrected chi connectivity index (χ1v) is 9.06. The standard InChI is InChI=1S/C24H20O2/c1-13(25)20-12-16-8-5-10-18-17-9-3-6-15-7-4-11-19(22(15)17)24(23(16)18)21(20)14(2)26/h3-14,25-26H,1-2H3. The fourth-order valence-electron chi connectivity index (χ4n) is 4.57. The Morgan fingerprint density at radius 2 is 1.19 bits per heavy atom.